The van der Waals surface area contributed by atoms with Gasteiger partial charge in [0.2, 0.25) is 0 Å². The number of nitrogens with zero attached hydrogens (tertiary/aromatic N) is 2. The third-order valence-corrected chi connectivity index (χ3v) is 5.85. The lowest BCUT2D eigenvalue weighted by molar-refractivity contribution is 0.0331. The second-order valence-corrected chi connectivity index (χ2v) is 8.24. The maximum Gasteiger partial charge on any atom is 0.287 e. The highest BCUT2D eigenvalue weighted by Crippen LogP contribution is 2.25. The van der Waals surface area contributed by atoms with Crippen molar-refractivity contribution in [1.29, 1.82) is 0 Å². The van der Waals surface area contributed by atoms with Crippen molar-refractivity contribution in [3.05, 3.63) is 83.4 Å². The molecule has 0 saturated carbocycles. The van der Waals surface area contributed by atoms with E-state index in [-0.39, 0.29) is 34.7 Å². The Morgan fingerprint density at radius 3 is 2.54 bits per heavy atom. The second-order valence-electron chi connectivity index (χ2n) is 8.24. The topological polar surface area (TPSA) is 112 Å². The summed E-state index contributed by atoms with van der Waals surface area (Å²) in [5.74, 6) is -1.06. The Labute approximate surface area is 200 Å². The van der Waals surface area contributed by atoms with Gasteiger partial charge in [-0.15, -0.1) is 0 Å². The molecule has 1 saturated heterocycles. The summed E-state index contributed by atoms with van der Waals surface area (Å²) in [5, 5.41) is 12.5. The molecule has 0 aliphatic carbocycles. The number of nitrogens with one attached hydrogen (secondary N) is 3. The molecule has 4 aromatic rings. The van der Waals surface area contributed by atoms with Gasteiger partial charge >= 0.3 is 0 Å². The molecule has 5 rings (SSSR count). The van der Waals surface area contributed by atoms with Gasteiger partial charge in [-0.1, -0.05) is 30.3 Å². The molecule has 0 spiro atoms. The Morgan fingerprint density at radius 1 is 1.06 bits per heavy atom. The fraction of sp³-hybridized carbons (Fsp3) is 0.240. The fourth-order valence-electron chi connectivity index (χ4n) is 3.99. The minimum Gasteiger partial charge on any atom is -0.445 e. The first-order chi connectivity index (χ1) is 17.1. The summed E-state index contributed by atoms with van der Waals surface area (Å²) < 4.78 is 24.3. The number of morpholine rings is 1. The van der Waals surface area contributed by atoms with E-state index in [0.29, 0.717) is 25.3 Å². The number of halogens is 1. The minimum atomic E-state index is -0.476. The van der Waals surface area contributed by atoms with E-state index in [2.05, 4.69) is 25.7 Å². The first-order valence-corrected chi connectivity index (χ1v) is 11.3. The van der Waals surface area contributed by atoms with Crippen LogP contribution in [0.25, 0.3) is 11.1 Å². The molecule has 1 fully saturated rings. The van der Waals surface area contributed by atoms with Crippen LogP contribution in [0, 0.1) is 5.82 Å². The van der Waals surface area contributed by atoms with Gasteiger partial charge in [0.25, 0.3) is 11.8 Å². The summed E-state index contributed by atoms with van der Waals surface area (Å²) in [5.41, 5.74) is 1.96. The van der Waals surface area contributed by atoms with Crippen LogP contribution in [0.3, 0.4) is 0 Å². The number of ether oxygens (including phenoxy) is 1. The molecule has 1 unspecified atom stereocenters. The average Bonchev–Trinajstić information content (AvgIpc) is 3.47. The highest BCUT2D eigenvalue weighted by atomic mass is 19.1. The highest BCUT2D eigenvalue weighted by Gasteiger charge is 2.24. The number of amides is 2. The van der Waals surface area contributed by atoms with Crippen molar-refractivity contribution >= 4 is 28.7 Å². The molecule has 3 heterocycles. The Kier molecular flexibility index (Phi) is 6.55. The molecular weight excluding hydrogens is 453 g/mol. The van der Waals surface area contributed by atoms with Crippen molar-refractivity contribution in [2.24, 2.45) is 0 Å². The number of H-pyrrole nitrogens is 1. The third kappa shape index (κ3) is 5.23. The smallest absolute Gasteiger partial charge is 0.287 e. The molecule has 180 valence electrons. The number of aromatic amines is 1. The zero-order valence-electron chi connectivity index (χ0n) is 18.8. The van der Waals surface area contributed by atoms with Crippen LogP contribution in [0.1, 0.15) is 32.5 Å². The van der Waals surface area contributed by atoms with E-state index in [4.69, 9.17) is 9.15 Å². The Bertz CT molecular complexity index is 1310. The molecular formula is C25H24FN5O4. The molecule has 1 aliphatic rings. The van der Waals surface area contributed by atoms with Crippen molar-refractivity contribution in [3.8, 4) is 0 Å². The largest absolute Gasteiger partial charge is 0.445 e. The van der Waals surface area contributed by atoms with Crippen LogP contribution in [-0.2, 0) is 4.74 Å². The predicted octanol–water partition coefficient (Wildman–Crippen LogP) is 3.35. The van der Waals surface area contributed by atoms with E-state index in [1.54, 1.807) is 6.07 Å². The quantitative estimate of drug-likeness (QED) is 0.376. The fourth-order valence-corrected chi connectivity index (χ4v) is 3.99. The zero-order chi connectivity index (χ0) is 24.2. The number of carbonyl (C=O) groups excluding carboxylic acids is 2. The van der Waals surface area contributed by atoms with Gasteiger partial charge < -0.3 is 19.8 Å². The monoisotopic (exact) mass is 477 g/mol. The molecule has 35 heavy (non-hydrogen) atoms. The number of anilines is 1. The second kappa shape index (κ2) is 10.1. The standard InChI is InChI=1S/C25H24FN5O4/c26-18-8-6-17(7-9-18)24(32)28-23-22-19(29-30-23)14-21(35-22)25(33)27-20(16-4-2-1-3-5-16)15-31-10-12-34-13-11-31/h1-9,14,20H,10-13,15H2,(H,27,33)(H2,28,29,30,32). The molecule has 2 amide bonds. The van der Waals surface area contributed by atoms with E-state index in [0.717, 1.165) is 18.7 Å². The minimum absolute atomic E-state index is 0.0915. The van der Waals surface area contributed by atoms with E-state index in [1.807, 2.05) is 30.3 Å². The predicted molar refractivity (Wildman–Crippen MR) is 127 cm³/mol. The lowest BCUT2D eigenvalue weighted by Crippen LogP contribution is -2.43. The summed E-state index contributed by atoms with van der Waals surface area (Å²) in [7, 11) is 0. The van der Waals surface area contributed by atoms with Crippen molar-refractivity contribution < 1.29 is 23.1 Å². The molecule has 3 N–H and O–H groups in total. The normalized spacial score (nSPS) is 15.1. The Morgan fingerprint density at radius 2 is 1.80 bits per heavy atom. The van der Waals surface area contributed by atoms with Crippen molar-refractivity contribution in [1.82, 2.24) is 20.4 Å². The Hall–Kier alpha value is -4.02. The van der Waals surface area contributed by atoms with Gasteiger partial charge in [0.15, 0.2) is 17.2 Å². The number of hydrogen-bond acceptors (Lipinski definition) is 6. The van der Waals surface area contributed by atoms with E-state index in [1.165, 1.54) is 24.3 Å². The van der Waals surface area contributed by atoms with Crippen molar-refractivity contribution in [2.45, 2.75) is 6.04 Å². The molecule has 2 aromatic heterocycles. The van der Waals surface area contributed by atoms with Crippen LogP contribution in [0.15, 0.2) is 65.1 Å². The SMILES string of the molecule is O=C(Nc1n[nH]c2cc(C(=O)NC(CN3CCOCC3)c3ccccc3)oc12)c1ccc(F)cc1. The summed E-state index contributed by atoms with van der Waals surface area (Å²) in [6.45, 7) is 3.56. The number of fused-ring (bicyclic) bond motifs is 1. The van der Waals surface area contributed by atoms with Gasteiger partial charge in [-0.2, -0.15) is 5.10 Å². The van der Waals surface area contributed by atoms with Crippen LogP contribution >= 0.6 is 0 Å². The average molecular weight is 477 g/mol. The van der Waals surface area contributed by atoms with E-state index >= 15 is 0 Å². The molecule has 10 heteroatoms. The van der Waals surface area contributed by atoms with Crippen LogP contribution in [-0.4, -0.2) is 59.8 Å². The van der Waals surface area contributed by atoms with Gasteiger partial charge in [0.05, 0.1) is 19.3 Å². The zero-order valence-corrected chi connectivity index (χ0v) is 18.8. The number of benzene rings is 2. The van der Waals surface area contributed by atoms with Crippen molar-refractivity contribution in [3.63, 3.8) is 0 Å². The van der Waals surface area contributed by atoms with Gasteiger partial charge in [-0.25, -0.2) is 4.39 Å². The van der Waals surface area contributed by atoms with Gasteiger partial charge in [-0.05, 0) is 29.8 Å². The highest BCUT2D eigenvalue weighted by molar-refractivity contribution is 6.07. The Balaban J connectivity index is 1.32. The number of furan rings is 1. The maximum atomic E-state index is 13.1. The number of hydrogen-bond donors (Lipinski definition) is 3. The summed E-state index contributed by atoms with van der Waals surface area (Å²) in [6, 6.07) is 16.2. The molecule has 9 nitrogen and oxygen atoms in total. The van der Waals surface area contributed by atoms with Gasteiger partial charge in [0.1, 0.15) is 11.3 Å². The van der Waals surface area contributed by atoms with Gasteiger partial charge in [0, 0.05) is 31.3 Å². The summed E-state index contributed by atoms with van der Waals surface area (Å²) in [4.78, 5) is 27.8. The summed E-state index contributed by atoms with van der Waals surface area (Å²) in [6.07, 6.45) is 0. The van der Waals surface area contributed by atoms with Crippen LogP contribution in [0.2, 0.25) is 0 Å². The van der Waals surface area contributed by atoms with Crippen LogP contribution in [0.4, 0.5) is 10.2 Å². The lowest BCUT2D eigenvalue weighted by atomic mass is 10.1. The first-order valence-electron chi connectivity index (χ1n) is 11.3. The van der Waals surface area contributed by atoms with Crippen molar-refractivity contribution in [2.75, 3.05) is 38.2 Å². The van der Waals surface area contributed by atoms with E-state index in [9.17, 15) is 14.0 Å². The first kappa shape index (κ1) is 22.8. The van der Waals surface area contributed by atoms with Gasteiger partial charge in [-0.3, -0.25) is 19.6 Å². The molecule has 2 aromatic carbocycles. The molecule has 0 radical (unpaired) electrons. The molecule has 1 aliphatic heterocycles. The molecule has 1 atom stereocenters. The maximum absolute atomic E-state index is 13.1. The summed E-state index contributed by atoms with van der Waals surface area (Å²) >= 11 is 0. The number of rotatable bonds is 7. The lowest BCUT2D eigenvalue weighted by Gasteiger charge is -2.31. The third-order valence-electron chi connectivity index (χ3n) is 5.85. The number of carbonyl (C=O) groups is 2. The number of aromatic nitrogens is 2. The van der Waals surface area contributed by atoms with Crippen LogP contribution < -0.4 is 10.6 Å². The van der Waals surface area contributed by atoms with E-state index < -0.39 is 11.7 Å². The molecule has 0 bridgehead atoms. The van der Waals surface area contributed by atoms with Crippen LogP contribution in [0.5, 0.6) is 0 Å².